The average molecular weight is 222 g/mol. The van der Waals surface area contributed by atoms with Crippen LogP contribution < -0.4 is 5.56 Å². The lowest BCUT2D eigenvalue weighted by Crippen LogP contribution is -2.26. The molecule has 5 nitrogen and oxygen atoms in total. The Morgan fingerprint density at radius 3 is 2.94 bits per heavy atom. The quantitative estimate of drug-likeness (QED) is 0.808. The van der Waals surface area contributed by atoms with Crippen LogP contribution in [0.3, 0.4) is 0 Å². The zero-order valence-corrected chi connectivity index (χ0v) is 8.05. The van der Waals surface area contributed by atoms with E-state index >= 15 is 0 Å². The Labute approximate surface area is 88.7 Å². The van der Waals surface area contributed by atoms with Gasteiger partial charge in [0, 0.05) is 5.39 Å². The fourth-order valence-electron chi connectivity index (χ4n) is 1.43. The molecule has 0 saturated carbocycles. The topological polar surface area (TPSA) is 72.2 Å². The highest BCUT2D eigenvalue weighted by molar-refractivity contribution is 5.81. The zero-order chi connectivity index (χ0) is 11.7. The molecular formula is C10H7FN2O3. The number of carboxylic acids is 1. The van der Waals surface area contributed by atoms with E-state index in [1.165, 1.54) is 18.3 Å². The highest BCUT2D eigenvalue weighted by Crippen LogP contribution is 2.11. The van der Waals surface area contributed by atoms with Gasteiger partial charge in [-0.2, -0.15) is 5.10 Å². The van der Waals surface area contributed by atoms with E-state index in [0.717, 1.165) is 6.07 Å². The van der Waals surface area contributed by atoms with Crippen LogP contribution in [0.4, 0.5) is 4.39 Å². The van der Waals surface area contributed by atoms with E-state index in [1.807, 2.05) is 0 Å². The second-order valence-electron chi connectivity index (χ2n) is 3.21. The first-order chi connectivity index (χ1) is 7.59. The standard InChI is InChI=1S/C10H7FN2O3/c11-7-3-1-2-6-4-12-13(5-8(14)15)10(16)9(6)7/h1-4H,5H2,(H,14,15). The Kier molecular flexibility index (Phi) is 2.40. The first-order valence-corrected chi connectivity index (χ1v) is 4.46. The van der Waals surface area contributed by atoms with Gasteiger partial charge in [-0.15, -0.1) is 0 Å². The van der Waals surface area contributed by atoms with Crippen LogP contribution in [0.2, 0.25) is 0 Å². The Morgan fingerprint density at radius 2 is 2.25 bits per heavy atom. The smallest absolute Gasteiger partial charge is 0.325 e. The van der Waals surface area contributed by atoms with Crippen LogP contribution in [0.15, 0.2) is 29.2 Å². The SMILES string of the molecule is O=C(O)Cn1ncc2cccc(F)c2c1=O. The van der Waals surface area contributed by atoms with Gasteiger partial charge >= 0.3 is 5.97 Å². The maximum atomic E-state index is 13.4. The number of carboxylic acid groups (broad SMARTS) is 1. The molecule has 1 heterocycles. The Hall–Kier alpha value is -2.24. The number of hydrogen-bond acceptors (Lipinski definition) is 3. The van der Waals surface area contributed by atoms with E-state index in [9.17, 15) is 14.0 Å². The fourth-order valence-corrected chi connectivity index (χ4v) is 1.43. The predicted octanol–water partition coefficient (Wildman–Crippen LogP) is 0.620. The number of nitrogens with zero attached hydrogens (tertiary/aromatic N) is 2. The van der Waals surface area contributed by atoms with Gasteiger partial charge in [-0.3, -0.25) is 9.59 Å². The summed E-state index contributed by atoms with van der Waals surface area (Å²) in [6, 6.07) is 4.15. The number of carbonyl (C=O) groups is 1. The summed E-state index contributed by atoms with van der Waals surface area (Å²) in [5.74, 6) is -1.88. The van der Waals surface area contributed by atoms with Crippen molar-refractivity contribution in [3.63, 3.8) is 0 Å². The molecule has 0 saturated heterocycles. The molecule has 0 unspecified atom stereocenters. The molecule has 0 aliphatic rings. The van der Waals surface area contributed by atoms with E-state index in [4.69, 9.17) is 5.11 Å². The van der Waals surface area contributed by atoms with Crippen molar-refractivity contribution in [2.45, 2.75) is 6.54 Å². The van der Waals surface area contributed by atoms with Crippen LogP contribution >= 0.6 is 0 Å². The van der Waals surface area contributed by atoms with E-state index in [0.29, 0.717) is 10.1 Å². The van der Waals surface area contributed by atoms with Gasteiger partial charge in [0.15, 0.2) is 0 Å². The number of hydrogen-bond donors (Lipinski definition) is 1. The molecule has 0 amide bonds. The molecule has 2 rings (SSSR count). The molecule has 0 bridgehead atoms. The number of benzene rings is 1. The molecule has 16 heavy (non-hydrogen) atoms. The molecule has 6 heteroatoms. The van der Waals surface area contributed by atoms with Crippen molar-refractivity contribution in [3.8, 4) is 0 Å². The maximum absolute atomic E-state index is 13.4. The first-order valence-electron chi connectivity index (χ1n) is 4.46. The van der Waals surface area contributed by atoms with Gasteiger partial charge in [-0.1, -0.05) is 12.1 Å². The summed E-state index contributed by atoms with van der Waals surface area (Å²) < 4.78 is 14.1. The number of aliphatic carboxylic acids is 1. The van der Waals surface area contributed by atoms with E-state index < -0.39 is 23.9 Å². The zero-order valence-electron chi connectivity index (χ0n) is 8.05. The molecule has 0 aliphatic heterocycles. The summed E-state index contributed by atoms with van der Waals surface area (Å²) in [6.45, 7) is -0.580. The van der Waals surface area contributed by atoms with Crippen LogP contribution in [-0.4, -0.2) is 20.9 Å². The van der Waals surface area contributed by atoms with Crippen molar-refractivity contribution in [1.82, 2.24) is 9.78 Å². The summed E-state index contributed by atoms with van der Waals surface area (Å²) in [5.41, 5.74) is -0.738. The monoisotopic (exact) mass is 222 g/mol. The number of aromatic nitrogens is 2. The minimum Gasteiger partial charge on any atom is -0.480 e. The third kappa shape index (κ3) is 1.65. The minimum absolute atomic E-state index is 0.140. The lowest BCUT2D eigenvalue weighted by atomic mass is 10.2. The molecule has 1 aromatic carbocycles. The Bertz CT molecular complexity index is 621. The highest BCUT2D eigenvalue weighted by atomic mass is 19.1. The van der Waals surface area contributed by atoms with Crippen LogP contribution in [0.25, 0.3) is 10.8 Å². The van der Waals surface area contributed by atoms with Crippen molar-refractivity contribution in [2.24, 2.45) is 0 Å². The van der Waals surface area contributed by atoms with Gasteiger partial charge in [0.1, 0.15) is 12.4 Å². The second kappa shape index (κ2) is 3.73. The molecule has 0 fully saturated rings. The van der Waals surface area contributed by atoms with E-state index in [1.54, 1.807) is 0 Å². The van der Waals surface area contributed by atoms with Crippen LogP contribution in [0.1, 0.15) is 0 Å². The molecule has 82 valence electrons. The van der Waals surface area contributed by atoms with Gasteiger partial charge in [0.2, 0.25) is 0 Å². The number of rotatable bonds is 2. The molecule has 0 spiro atoms. The summed E-state index contributed by atoms with van der Waals surface area (Å²) in [4.78, 5) is 22.1. The molecule has 1 N–H and O–H groups in total. The highest BCUT2D eigenvalue weighted by Gasteiger charge is 2.10. The molecule has 0 aliphatic carbocycles. The Balaban J connectivity index is 2.73. The predicted molar refractivity (Wildman–Crippen MR) is 53.6 cm³/mol. The number of fused-ring (bicyclic) bond motifs is 1. The molecular weight excluding hydrogens is 215 g/mol. The van der Waals surface area contributed by atoms with Crippen LogP contribution in [0, 0.1) is 5.82 Å². The van der Waals surface area contributed by atoms with Gasteiger partial charge < -0.3 is 5.11 Å². The second-order valence-corrected chi connectivity index (χ2v) is 3.21. The third-order valence-corrected chi connectivity index (χ3v) is 2.12. The van der Waals surface area contributed by atoms with E-state index in [-0.39, 0.29) is 5.39 Å². The largest absolute Gasteiger partial charge is 0.480 e. The summed E-state index contributed by atoms with van der Waals surface area (Å²) >= 11 is 0. The van der Waals surface area contributed by atoms with Crippen molar-refractivity contribution in [3.05, 3.63) is 40.6 Å². The molecule has 0 atom stereocenters. The minimum atomic E-state index is -1.20. The number of halogens is 1. The van der Waals surface area contributed by atoms with Crippen molar-refractivity contribution in [1.29, 1.82) is 0 Å². The normalized spacial score (nSPS) is 10.6. The Morgan fingerprint density at radius 1 is 1.50 bits per heavy atom. The lowest BCUT2D eigenvalue weighted by molar-refractivity contribution is -0.137. The molecule has 0 radical (unpaired) electrons. The van der Waals surface area contributed by atoms with E-state index in [2.05, 4.69) is 5.10 Å². The summed E-state index contributed by atoms with van der Waals surface area (Å²) in [6.07, 6.45) is 1.27. The van der Waals surface area contributed by atoms with Crippen molar-refractivity contribution in [2.75, 3.05) is 0 Å². The lowest BCUT2D eigenvalue weighted by Gasteiger charge is -2.03. The van der Waals surface area contributed by atoms with Gasteiger partial charge in [-0.05, 0) is 6.07 Å². The summed E-state index contributed by atoms with van der Waals surface area (Å²) in [7, 11) is 0. The maximum Gasteiger partial charge on any atom is 0.325 e. The fraction of sp³-hybridized carbons (Fsp3) is 0.100. The first kappa shape index (κ1) is 10.3. The van der Waals surface area contributed by atoms with Crippen LogP contribution in [0.5, 0.6) is 0 Å². The van der Waals surface area contributed by atoms with Crippen molar-refractivity contribution < 1.29 is 14.3 Å². The van der Waals surface area contributed by atoms with Gasteiger partial charge in [0.05, 0.1) is 11.6 Å². The molecule has 2 aromatic rings. The van der Waals surface area contributed by atoms with Gasteiger partial charge in [0.25, 0.3) is 5.56 Å². The van der Waals surface area contributed by atoms with Crippen molar-refractivity contribution >= 4 is 16.7 Å². The van der Waals surface area contributed by atoms with Crippen LogP contribution in [-0.2, 0) is 11.3 Å². The summed E-state index contributed by atoms with van der Waals surface area (Å²) in [5, 5.41) is 12.4. The molecule has 1 aromatic heterocycles. The average Bonchev–Trinajstić information content (AvgIpc) is 2.22. The van der Waals surface area contributed by atoms with Gasteiger partial charge in [-0.25, -0.2) is 9.07 Å². The third-order valence-electron chi connectivity index (χ3n) is 2.12.